The predicted molar refractivity (Wildman–Crippen MR) is 95.8 cm³/mol. The van der Waals surface area contributed by atoms with Gasteiger partial charge in [0.05, 0.1) is 0 Å². The number of nitrogens with zero attached hydrogens (tertiary/aromatic N) is 5. The van der Waals surface area contributed by atoms with Crippen LogP contribution in [-0.4, -0.2) is 51.5 Å². The minimum atomic E-state index is -0.838. The molecule has 27 heavy (non-hydrogen) atoms. The van der Waals surface area contributed by atoms with Crippen LogP contribution in [0.4, 0.5) is 14.6 Å². The first kappa shape index (κ1) is 17.1. The Labute approximate surface area is 154 Å². The van der Waals surface area contributed by atoms with Crippen molar-refractivity contribution in [1.82, 2.24) is 19.4 Å². The summed E-state index contributed by atoms with van der Waals surface area (Å²) in [6, 6.07) is 9.12. The molecular formula is C19H17F2N5O. The third-order valence-corrected chi connectivity index (χ3v) is 4.57. The fourth-order valence-electron chi connectivity index (χ4n) is 3.14. The summed E-state index contributed by atoms with van der Waals surface area (Å²) in [7, 11) is 0. The van der Waals surface area contributed by atoms with Gasteiger partial charge in [0.1, 0.15) is 35.2 Å². The number of hydrogen-bond donors (Lipinski definition) is 0. The summed E-state index contributed by atoms with van der Waals surface area (Å²) in [5.41, 5.74) is -0.497. The lowest BCUT2D eigenvalue weighted by atomic mass is 10.1. The first-order chi connectivity index (χ1) is 13.1. The fraction of sp³-hybridized carbons (Fsp3) is 0.211. The molecule has 6 nitrogen and oxygen atoms in total. The molecule has 1 saturated heterocycles. The molecule has 0 bridgehead atoms. The molecule has 8 heteroatoms. The highest BCUT2D eigenvalue weighted by Crippen LogP contribution is 2.19. The number of aromatic nitrogens is 3. The van der Waals surface area contributed by atoms with Crippen molar-refractivity contribution >= 4 is 11.7 Å². The minimum Gasteiger partial charge on any atom is -0.353 e. The number of hydrogen-bond acceptors (Lipinski definition) is 4. The van der Waals surface area contributed by atoms with Gasteiger partial charge in [0.25, 0.3) is 5.91 Å². The summed E-state index contributed by atoms with van der Waals surface area (Å²) in [4.78, 5) is 24.5. The Balaban J connectivity index is 1.47. The lowest BCUT2D eigenvalue weighted by Gasteiger charge is -2.35. The van der Waals surface area contributed by atoms with Crippen molar-refractivity contribution in [2.75, 3.05) is 31.1 Å². The molecule has 0 unspecified atom stereocenters. The maximum absolute atomic E-state index is 13.9. The van der Waals surface area contributed by atoms with Crippen LogP contribution in [0.15, 0.2) is 55.1 Å². The van der Waals surface area contributed by atoms with Crippen LogP contribution in [0.3, 0.4) is 0 Å². The summed E-state index contributed by atoms with van der Waals surface area (Å²) in [5.74, 6) is -0.806. The van der Waals surface area contributed by atoms with Gasteiger partial charge in [0, 0.05) is 44.6 Å². The Morgan fingerprint density at radius 2 is 1.52 bits per heavy atom. The van der Waals surface area contributed by atoms with E-state index in [9.17, 15) is 13.6 Å². The molecule has 3 aromatic rings. The van der Waals surface area contributed by atoms with E-state index < -0.39 is 23.1 Å². The number of rotatable bonds is 3. The summed E-state index contributed by atoms with van der Waals surface area (Å²) < 4.78 is 29.6. The van der Waals surface area contributed by atoms with Crippen LogP contribution in [0.5, 0.6) is 0 Å². The van der Waals surface area contributed by atoms with Gasteiger partial charge in [-0.05, 0) is 24.3 Å². The summed E-state index contributed by atoms with van der Waals surface area (Å²) >= 11 is 0. The predicted octanol–water partition coefficient (Wildman–Crippen LogP) is 2.51. The van der Waals surface area contributed by atoms with Crippen LogP contribution >= 0.6 is 0 Å². The van der Waals surface area contributed by atoms with Gasteiger partial charge in [-0.15, -0.1) is 0 Å². The van der Waals surface area contributed by atoms with Gasteiger partial charge in [0.15, 0.2) is 0 Å². The van der Waals surface area contributed by atoms with Gasteiger partial charge in [-0.25, -0.2) is 18.7 Å². The molecule has 138 valence electrons. The molecule has 1 amide bonds. The normalized spacial score (nSPS) is 14.4. The van der Waals surface area contributed by atoms with Crippen LogP contribution in [0.2, 0.25) is 0 Å². The van der Waals surface area contributed by atoms with Crippen LogP contribution in [0, 0.1) is 11.6 Å². The van der Waals surface area contributed by atoms with Gasteiger partial charge >= 0.3 is 0 Å². The van der Waals surface area contributed by atoms with E-state index in [1.807, 2.05) is 40.1 Å². The molecule has 4 rings (SSSR count). The lowest BCUT2D eigenvalue weighted by Crippen LogP contribution is -2.49. The van der Waals surface area contributed by atoms with Crippen molar-refractivity contribution in [2.45, 2.75) is 0 Å². The second kappa shape index (κ2) is 7.14. The zero-order chi connectivity index (χ0) is 18.8. The molecule has 0 radical (unpaired) electrons. The van der Waals surface area contributed by atoms with E-state index in [2.05, 4.69) is 9.97 Å². The average Bonchev–Trinajstić information content (AvgIpc) is 3.23. The van der Waals surface area contributed by atoms with Crippen LogP contribution in [0.25, 0.3) is 5.82 Å². The largest absolute Gasteiger partial charge is 0.353 e. The molecule has 1 aliphatic heterocycles. The van der Waals surface area contributed by atoms with Crippen molar-refractivity contribution < 1.29 is 13.6 Å². The molecule has 1 fully saturated rings. The highest BCUT2D eigenvalue weighted by atomic mass is 19.1. The van der Waals surface area contributed by atoms with E-state index >= 15 is 0 Å². The van der Waals surface area contributed by atoms with Crippen LogP contribution in [-0.2, 0) is 0 Å². The zero-order valence-electron chi connectivity index (χ0n) is 14.4. The topological polar surface area (TPSA) is 54.3 Å². The fourth-order valence-corrected chi connectivity index (χ4v) is 3.14. The molecule has 0 spiro atoms. The highest BCUT2D eigenvalue weighted by Gasteiger charge is 2.27. The average molecular weight is 369 g/mol. The summed E-state index contributed by atoms with van der Waals surface area (Å²) in [6.45, 7) is 1.75. The van der Waals surface area contributed by atoms with E-state index in [0.717, 1.165) is 23.8 Å². The van der Waals surface area contributed by atoms with E-state index in [-0.39, 0.29) is 0 Å². The van der Waals surface area contributed by atoms with Crippen molar-refractivity contribution in [2.24, 2.45) is 0 Å². The Kier molecular flexibility index (Phi) is 4.53. The minimum absolute atomic E-state index is 0.357. The van der Waals surface area contributed by atoms with Crippen LogP contribution < -0.4 is 4.90 Å². The molecule has 2 aromatic heterocycles. The number of piperazine rings is 1. The number of halogens is 2. The molecule has 0 aliphatic carbocycles. The van der Waals surface area contributed by atoms with E-state index in [1.54, 1.807) is 0 Å². The van der Waals surface area contributed by atoms with E-state index in [1.165, 1.54) is 17.3 Å². The number of carbonyl (C=O) groups is 1. The van der Waals surface area contributed by atoms with Gasteiger partial charge in [-0.3, -0.25) is 4.79 Å². The third kappa shape index (κ3) is 3.38. The van der Waals surface area contributed by atoms with Crippen LogP contribution in [0.1, 0.15) is 10.4 Å². The molecule has 1 aromatic carbocycles. The quantitative estimate of drug-likeness (QED) is 0.712. The maximum atomic E-state index is 13.9. The zero-order valence-corrected chi connectivity index (χ0v) is 14.4. The van der Waals surface area contributed by atoms with Gasteiger partial charge in [-0.2, -0.15) is 0 Å². The monoisotopic (exact) mass is 369 g/mol. The Morgan fingerprint density at radius 3 is 2.19 bits per heavy atom. The number of anilines is 1. The highest BCUT2D eigenvalue weighted by molar-refractivity contribution is 5.95. The smallest absolute Gasteiger partial charge is 0.259 e. The third-order valence-electron chi connectivity index (χ3n) is 4.57. The summed E-state index contributed by atoms with van der Waals surface area (Å²) in [6.07, 6.45) is 5.29. The Bertz CT molecular complexity index is 932. The van der Waals surface area contributed by atoms with Crippen molar-refractivity contribution in [1.29, 1.82) is 0 Å². The van der Waals surface area contributed by atoms with Gasteiger partial charge in [-0.1, -0.05) is 6.07 Å². The summed E-state index contributed by atoms with van der Waals surface area (Å²) in [5, 5.41) is 0. The molecule has 0 saturated carbocycles. The molecule has 0 N–H and O–H groups in total. The van der Waals surface area contributed by atoms with E-state index in [4.69, 9.17) is 0 Å². The molecule has 1 aliphatic rings. The number of carbonyl (C=O) groups excluding carboxylic acids is 1. The molecule has 0 atom stereocenters. The first-order valence-corrected chi connectivity index (χ1v) is 8.57. The van der Waals surface area contributed by atoms with Crippen molar-refractivity contribution in [3.05, 3.63) is 72.3 Å². The van der Waals surface area contributed by atoms with Crippen molar-refractivity contribution in [3.8, 4) is 5.82 Å². The Hall–Kier alpha value is -3.29. The molecule has 3 heterocycles. The first-order valence-electron chi connectivity index (χ1n) is 8.57. The standard InChI is InChI=1S/C19H17F2N5O/c20-14-4-3-5-15(21)18(14)19(27)26-10-8-25(9-11-26)17-12-16(22-13-23-17)24-6-1-2-7-24/h1-7,12-13H,8-11H2. The van der Waals surface area contributed by atoms with Gasteiger partial charge in [0.2, 0.25) is 0 Å². The lowest BCUT2D eigenvalue weighted by molar-refractivity contribution is 0.0736. The Morgan fingerprint density at radius 1 is 0.889 bits per heavy atom. The SMILES string of the molecule is O=C(c1c(F)cccc1F)N1CCN(c2cc(-n3cccc3)ncn2)CC1. The second-order valence-electron chi connectivity index (χ2n) is 6.20. The maximum Gasteiger partial charge on any atom is 0.259 e. The van der Waals surface area contributed by atoms with E-state index in [0.29, 0.717) is 26.2 Å². The van der Waals surface area contributed by atoms with Gasteiger partial charge < -0.3 is 14.4 Å². The molecular weight excluding hydrogens is 352 g/mol. The van der Waals surface area contributed by atoms with Crippen molar-refractivity contribution in [3.63, 3.8) is 0 Å². The second-order valence-corrected chi connectivity index (χ2v) is 6.20. The number of benzene rings is 1. The number of amides is 1.